The molecule has 0 radical (unpaired) electrons. The van der Waals surface area contributed by atoms with E-state index in [0.717, 1.165) is 0 Å². The molecule has 0 fully saturated rings. The number of phenols is 1. The van der Waals surface area contributed by atoms with Gasteiger partial charge in [-0.1, -0.05) is 0 Å². The third-order valence-electron chi connectivity index (χ3n) is 3.67. The molecule has 1 heterocycles. The number of hydrogen-bond donors (Lipinski definition) is 2. The molecule has 24 heavy (non-hydrogen) atoms. The van der Waals surface area contributed by atoms with Crippen molar-refractivity contribution in [2.24, 2.45) is 5.73 Å². The molecule has 0 aliphatic carbocycles. The first-order chi connectivity index (χ1) is 11.1. The van der Waals surface area contributed by atoms with Crippen LogP contribution in [0.4, 0.5) is 0 Å². The van der Waals surface area contributed by atoms with E-state index in [1.54, 1.807) is 20.8 Å². The Morgan fingerprint density at radius 1 is 1.38 bits per heavy atom. The zero-order valence-electron chi connectivity index (χ0n) is 14.0. The molecule has 0 bridgehead atoms. The molecular formula is C17H22N2O5. The topological polar surface area (TPSA) is 110 Å². The normalized spacial score (nSPS) is 15.1. The van der Waals surface area contributed by atoms with Crippen LogP contribution in [-0.4, -0.2) is 39.4 Å². The molecule has 0 saturated carbocycles. The van der Waals surface area contributed by atoms with Crippen molar-refractivity contribution in [3.05, 3.63) is 29.3 Å². The van der Waals surface area contributed by atoms with Crippen molar-refractivity contribution in [1.29, 1.82) is 0 Å². The first-order valence-electron chi connectivity index (χ1n) is 7.72. The molecule has 1 atom stereocenters. The van der Waals surface area contributed by atoms with E-state index in [-0.39, 0.29) is 31.0 Å². The van der Waals surface area contributed by atoms with Gasteiger partial charge in [-0.15, -0.1) is 0 Å². The summed E-state index contributed by atoms with van der Waals surface area (Å²) in [7, 11) is 0. The van der Waals surface area contributed by atoms with Gasteiger partial charge in [0.2, 0.25) is 5.91 Å². The molecule has 1 aliphatic rings. The van der Waals surface area contributed by atoms with E-state index >= 15 is 0 Å². The summed E-state index contributed by atoms with van der Waals surface area (Å²) < 4.78 is 5.21. The van der Waals surface area contributed by atoms with Gasteiger partial charge in [-0.2, -0.15) is 0 Å². The lowest BCUT2D eigenvalue weighted by Crippen LogP contribution is -2.45. The SMILES string of the molecule is CC(C)(C)OC(=O)CC[C@@H](C(N)=O)N1Cc2cc(O)ccc2C1=O. The lowest BCUT2D eigenvalue weighted by molar-refractivity contribution is -0.155. The average Bonchev–Trinajstić information content (AvgIpc) is 2.73. The number of fused-ring (bicyclic) bond motifs is 1. The highest BCUT2D eigenvalue weighted by Gasteiger charge is 2.36. The van der Waals surface area contributed by atoms with E-state index < -0.39 is 23.5 Å². The molecule has 2 amide bonds. The predicted octanol–water partition coefficient (Wildman–Crippen LogP) is 1.32. The summed E-state index contributed by atoms with van der Waals surface area (Å²) in [5, 5.41) is 9.52. The van der Waals surface area contributed by atoms with Gasteiger partial charge in [-0.05, 0) is 51.0 Å². The molecule has 7 heteroatoms. The highest BCUT2D eigenvalue weighted by molar-refractivity contribution is 6.01. The number of primary amides is 1. The number of ether oxygens (including phenoxy) is 1. The number of benzene rings is 1. The number of carbonyl (C=O) groups excluding carboxylic acids is 3. The Kier molecular flexibility index (Phi) is 4.82. The van der Waals surface area contributed by atoms with Gasteiger partial charge < -0.3 is 20.5 Å². The number of esters is 1. The van der Waals surface area contributed by atoms with Gasteiger partial charge in [0, 0.05) is 18.5 Å². The largest absolute Gasteiger partial charge is 0.508 e. The third kappa shape index (κ3) is 4.04. The van der Waals surface area contributed by atoms with Crippen LogP contribution in [0.1, 0.15) is 49.5 Å². The van der Waals surface area contributed by atoms with Crippen LogP contribution in [0.2, 0.25) is 0 Å². The number of carbonyl (C=O) groups is 3. The van der Waals surface area contributed by atoms with E-state index in [0.29, 0.717) is 11.1 Å². The van der Waals surface area contributed by atoms with E-state index in [2.05, 4.69) is 0 Å². The van der Waals surface area contributed by atoms with Crippen LogP contribution in [0.5, 0.6) is 5.75 Å². The molecule has 0 aromatic heterocycles. The minimum atomic E-state index is -0.903. The summed E-state index contributed by atoms with van der Waals surface area (Å²) in [4.78, 5) is 37.4. The number of aromatic hydroxyl groups is 1. The molecule has 0 spiro atoms. The summed E-state index contributed by atoms with van der Waals surface area (Å²) in [6.45, 7) is 5.43. The van der Waals surface area contributed by atoms with Crippen LogP contribution in [0.3, 0.4) is 0 Å². The van der Waals surface area contributed by atoms with Crippen LogP contribution in [0, 0.1) is 0 Å². The first-order valence-corrected chi connectivity index (χ1v) is 7.72. The fourth-order valence-corrected chi connectivity index (χ4v) is 2.68. The fraction of sp³-hybridized carbons (Fsp3) is 0.471. The zero-order chi connectivity index (χ0) is 18.1. The number of hydrogen-bond acceptors (Lipinski definition) is 5. The van der Waals surface area contributed by atoms with Gasteiger partial charge in [0.05, 0.1) is 0 Å². The standard InChI is InChI=1S/C17H22N2O5/c1-17(2,3)24-14(21)7-6-13(15(18)22)19-9-10-8-11(20)4-5-12(10)16(19)23/h4-5,8,13,20H,6-7,9H2,1-3H3,(H2,18,22)/t13-/m0/s1. The minimum Gasteiger partial charge on any atom is -0.508 e. The number of nitrogens with two attached hydrogens (primary N) is 1. The Labute approximate surface area is 140 Å². The predicted molar refractivity (Wildman–Crippen MR) is 86.0 cm³/mol. The van der Waals surface area contributed by atoms with Crippen LogP contribution < -0.4 is 5.73 Å². The summed E-state index contributed by atoms with van der Waals surface area (Å²) in [5.74, 6) is -1.41. The highest BCUT2D eigenvalue weighted by Crippen LogP contribution is 2.28. The Morgan fingerprint density at radius 3 is 2.62 bits per heavy atom. The summed E-state index contributed by atoms with van der Waals surface area (Å²) in [6.07, 6.45) is 0.0756. The third-order valence-corrected chi connectivity index (χ3v) is 3.67. The molecule has 0 unspecified atom stereocenters. The number of phenolic OH excluding ortho intramolecular Hbond substituents is 1. The van der Waals surface area contributed by atoms with Crippen molar-refractivity contribution in [2.75, 3.05) is 0 Å². The molecule has 3 N–H and O–H groups in total. The molecule has 0 saturated heterocycles. The molecule has 130 valence electrons. The maximum absolute atomic E-state index is 12.4. The lowest BCUT2D eigenvalue weighted by atomic mass is 10.1. The molecule has 7 nitrogen and oxygen atoms in total. The average molecular weight is 334 g/mol. The maximum atomic E-state index is 12.4. The Morgan fingerprint density at radius 2 is 2.04 bits per heavy atom. The van der Waals surface area contributed by atoms with Gasteiger partial charge in [0.25, 0.3) is 5.91 Å². The second kappa shape index (κ2) is 6.51. The van der Waals surface area contributed by atoms with Crippen LogP contribution in [-0.2, 0) is 20.9 Å². The van der Waals surface area contributed by atoms with Crippen molar-refractivity contribution in [2.45, 2.75) is 51.8 Å². The summed E-state index contributed by atoms with van der Waals surface area (Å²) >= 11 is 0. The summed E-state index contributed by atoms with van der Waals surface area (Å²) in [5.41, 5.74) is 5.86. The molecule has 1 aromatic rings. The van der Waals surface area contributed by atoms with E-state index in [1.807, 2.05) is 0 Å². The highest BCUT2D eigenvalue weighted by atomic mass is 16.6. The fourth-order valence-electron chi connectivity index (χ4n) is 2.68. The van der Waals surface area contributed by atoms with Crippen molar-refractivity contribution in [3.8, 4) is 5.75 Å². The van der Waals surface area contributed by atoms with Gasteiger partial charge in [-0.25, -0.2) is 0 Å². The number of amides is 2. The summed E-state index contributed by atoms with van der Waals surface area (Å²) in [6, 6.07) is 3.51. The second-order valence-corrected chi connectivity index (χ2v) is 6.82. The van der Waals surface area contributed by atoms with Crippen molar-refractivity contribution >= 4 is 17.8 Å². The van der Waals surface area contributed by atoms with Gasteiger partial charge >= 0.3 is 5.97 Å². The van der Waals surface area contributed by atoms with Gasteiger partial charge in [0.15, 0.2) is 0 Å². The van der Waals surface area contributed by atoms with Crippen molar-refractivity contribution in [3.63, 3.8) is 0 Å². The number of rotatable bonds is 5. The van der Waals surface area contributed by atoms with Crippen molar-refractivity contribution in [1.82, 2.24) is 4.90 Å². The van der Waals surface area contributed by atoms with Crippen molar-refractivity contribution < 1.29 is 24.2 Å². The monoisotopic (exact) mass is 334 g/mol. The quantitative estimate of drug-likeness (QED) is 0.789. The van der Waals surface area contributed by atoms with E-state index in [1.165, 1.54) is 23.1 Å². The van der Waals surface area contributed by atoms with E-state index in [9.17, 15) is 19.5 Å². The molecule has 1 aliphatic heterocycles. The Hall–Kier alpha value is -2.57. The van der Waals surface area contributed by atoms with Gasteiger partial charge in [0.1, 0.15) is 17.4 Å². The van der Waals surface area contributed by atoms with E-state index in [4.69, 9.17) is 10.5 Å². The molecule has 1 aromatic carbocycles. The molecular weight excluding hydrogens is 312 g/mol. The number of nitrogens with zero attached hydrogens (tertiary/aromatic N) is 1. The lowest BCUT2D eigenvalue weighted by Gasteiger charge is -2.25. The van der Waals surface area contributed by atoms with Crippen LogP contribution in [0.15, 0.2) is 18.2 Å². The minimum absolute atomic E-state index is 0.0176. The van der Waals surface area contributed by atoms with Gasteiger partial charge in [-0.3, -0.25) is 14.4 Å². The molecule has 2 rings (SSSR count). The van der Waals surface area contributed by atoms with Crippen LogP contribution >= 0.6 is 0 Å². The van der Waals surface area contributed by atoms with Crippen LogP contribution in [0.25, 0.3) is 0 Å². The zero-order valence-corrected chi connectivity index (χ0v) is 14.0. The Balaban J connectivity index is 2.08. The maximum Gasteiger partial charge on any atom is 0.306 e. The smallest absolute Gasteiger partial charge is 0.306 e. The Bertz CT molecular complexity index is 678. The second-order valence-electron chi connectivity index (χ2n) is 6.82. The first kappa shape index (κ1) is 17.8.